The molecule has 0 saturated carbocycles. The summed E-state index contributed by atoms with van der Waals surface area (Å²) in [6.07, 6.45) is 1.89. The van der Waals surface area contributed by atoms with Gasteiger partial charge in [-0.05, 0) is 48.7 Å². The Labute approximate surface area is 197 Å². The molecule has 3 aromatic carbocycles. The van der Waals surface area contributed by atoms with Crippen molar-refractivity contribution in [1.29, 1.82) is 0 Å². The Morgan fingerprint density at radius 1 is 1.00 bits per heavy atom. The van der Waals surface area contributed by atoms with Gasteiger partial charge >= 0.3 is 0 Å². The lowest BCUT2D eigenvalue weighted by atomic mass is 10.2. The maximum Gasteiger partial charge on any atom is 0.256 e. The van der Waals surface area contributed by atoms with Crippen LogP contribution >= 0.6 is 11.8 Å². The van der Waals surface area contributed by atoms with Crippen molar-refractivity contribution >= 4 is 33.4 Å². The van der Waals surface area contributed by atoms with E-state index in [1.165, 1.54) is 28.2 Å². The Bertz CT molecular complexity index is 1230. The molecular formula is C24H24N2O5S2. The Balaban J connectivity index is 1.71. The van der Waals surface area contributed by atoms with Crippen LogP contribution in [-0.4, -0.2) is 51.2 Å². The minimum Gasteiger partial charge on any atom is -0.455 e. The molecule has 7 nitrogen and oxygen atoms in total. The highest BCUT2D eigenvalue weighted by molar-refractivity contribution is 7.98. The van der Waals surface area contributed by atoms with E-state index in [1.54, 1.807) is 30.3 Å². The van der Waals surface area contributed by atoms with Crippen molar-refractivity contribution in [2.75, 3.05) is 37.9 Å². The minimum atomic E-state index is -3.75. The van der Waals surface area contributed by atoms with E-state index in [1.807, 2.05) is 36.6 Å². The van der Waals surface area contributed by atoms with E-state index in [-0.39, 0.29) is 29.6 Å². The van der Waals surface area contributed by atoms with Crippen LogP contribution in [0.4, 0.5) is 5.69 Å². The molecule has 0 spiro atoms. The molecule has 1 saturated heterocycles. The first-order valence-corrected chi connectivity index (χ1v) is 13.0. The molecule has 0 unspecified atom stereocenters. The number of benzene rings is 3. The molecule has 0 aromatic heterocycles. The fourth-order valence-corrected chi connectivity index (χ4v) is 5.46. The van der Waals surface area contributed by atoms with Crippen LogP contribution in [0.2, 0.25) is 0 Å². The molecule has 4 rings (SSSR count). The minimum absolute atomic E-state index is 0.0817. The van der Waals surface area contributed by atoms with E-state index in [2.05, 4.69) is 5.32 Å². The van der Waals surface area contributed by atoms with Crippen LogP contribution in [0.5, 0.6) is 11.5 Å². The van der Waals surface area contributed by atoms with Gasteiger partial charge in [0.2, 0.25) is 10.0 Å². The van der Waals surface area contributed by atoms with Crippen molar-refractivity contribution in [3.05, 3.63) is 78.4 Å². The number of carbonyl (C=O) groups is 1. The average Bonchev–Trinajstić information content (AvgIpc) is 2.86. The highest BCUT2D eigenvalue weighted by atomic mass is 32.2. The van der Waals surface area contributed by atoms with Crippen molar-refractivity contribution < 1.29 is 22.7 Å². The predicted octanol–water partition coefficient (Wildman–Crippen LogP) is 4.47. The zero-order valence-corrected chi connectivity index (χ0v) is 19.7. The predicted molar refractivity (Wildman–Crippen MR) is 129 cm³/mol. The number of nitrogens with zero attached hydrogens (tertiary/aromatic N) is 1. The third kappa shape index (κ3) is 5.39. The quantitative estimate of drug-likeness (QED) is 0.498. The summed E-state index contributed by atoms with van der Waals surface area (Å²) in [6.45, 7) is 1.27. The van der Waals surface area contributed by atoms with Crippen molar-refractivity contribution in [1.82, 2.24) is 4.31 Å². The molecule has 0 aliphatic carbocycles. The molecule has 1 aliphatic heterocycles. The fraction of sp³-hybridized carbons (Fsp3) is 0.208. The fourth-order valence-electron chi connectivity index (χ4n) is 3.43. The number of hydrogen-bond donors (Lipinski definition) is 1. The lowest BCUT2D eigenvalue weighted by Gasteiger charge is -2.26. The number of sulfonamides is 1. The number of nitrogens with one attached hydrogen (secondary N) is 1. The number of amides is 1. The summed E-state index contributed by atoms with van der Waals surface area (Å²) in [4.78, 5) is 14.0. The van der Waals surface area contributed by atoms with Gasteiger partial charge in [0.15, 0.2) is 5.75 Å². The van der Waals surface area contributed by atoms with Gasteiger partial charge in [0.25, 0.3) is 5.91 Å². The number of ether oxygens (including phenoxy) is 2. The van der Waals surface area contributed by atoms with Crippen molar-refractivity contribution in [2.24, 2.45) is 0 Å². The molecule has 33 heavy (non-hydrogen) atoms. The second kappa shape index (κ2) is 10.4. The Morgan fingerprint density at radius 2 is 1.70 bits per heavy atom. The monoisotopic (exact) mass is 484 g/mol. The maximum absolute atomic E-state index is 13.2. The van der Waals surface area contributed by atoms with E-state index >= 15 is 0 Å². The van der Waals surface area contributed by atoms with Crippen LogP contribution in [0, 0.1) is 0 Å². The first-order valence-electron chi connectivity index (χ1n) is 10.4. The lowest BCUT2D eigenvalue weighted by Crippen LogP contribution is -2.40. The van der Waals surface area contributed by atoms with Crippen molar-refractivity contribution in [2.45, 2.75) is 9.79 Å². The van der Waals surface area contributed by atoms with Gasteiger partial charge in [-0.1, -0.05) is 30.3 Å². The van der Waals surface area contributed by atoms with Gasteiger partial charge in [0, 0.05) is 18.0 Å². The van der Waals surface area contributed by atoms with Gasteiger partial charge in [-0.2, -0.15) is 4.31 Å². The summed E-state index contributed by atoms with van der Waals surface area (Å²) in [6, 6.07) is 20.9. The number of carbonyl (C=O) groups excluding carboxylic acids is 1. The normalized spacial score (nSPS) is 14.6. The summed E-state index contributed by atoms with van der Waals surface area (Å²) < 4.78 is 39.0. The molecule has 9 heteroatoms. The van der Waals surface area contributed by atoms with Crippen LogP contribution in [-0.2, 0) is 14.8 Å². The highest BCUT2D eigenvalue weighted by Gasteiger charge is 2.27. The Kier molecular flexibility index (Phi) is 7.34. The van der Waals surface area contributed by atoms with E-state index in [0.29, 0.717) is 30.3 Å². The highest BCUT2D eigenvalue weighted by Crippen LogP contribution is 2.34. The molecule has 0 atom stereocenters. The number of anilines is 1. The Morgan fingerprint density at radius 3 is 2.42 bits per heavy atom. The molecule has 0 bridgehead atoms. The Hall–Kier alpha value is -2.85. The first-order chi connectivity index (χ1) is 16.0. The number of thioether (sulfide) groups is 1. The SMILES string of the molecule is CSc1ccccc1C(=O)Nc1cc(S(=O)(=O)N2CCOCC2)ccc1Oc1ccccc1. The van der Waals surface area contributed by atoms with Gasteiger partial charge in [0.1, 0.15) is 5.75 Å². The number of morpholine rings is 1. The third-order valence-electron chi connectivity index (χ3n) is 5.13. The summed E-state index contributed by atoms with van der Waals surface area (Å²) in [5.74, 6) is 0.567. The maximum atomic E-state index is 13.2. The second-order valence-corrected chi connectivity index (χ2v) is 10.0. The zero-order chi connectivity index (χ0) is 23.3. The summed E-state index contributed by atoms with van der Waals surface area (Å²) in [7, 11) is -3.75. The molecule has 0 radical (unpaired) electrons. The molecule has 3 aromatic rings. The summed E-state index contributed by atoms with van der Waals surface area (Å²) in [5, 5.41) is 2.85. The van der Waals surface area contributed by atoms with Gasteiger partial charge in [-0.3, -0.25) is 4.79 Å². The number of rotatable bonds is 7. The number of hydrogen-bond acceptors (Lipinski definition) is 6. The topological polar surface area (TPSA) is 84.9 Å². The van der Waals surface area contributed by atoms with Gasteiger partial charge in [-0.15, -0.1) is 11.8 Å². The summed E-state index contributed by atoms with van der Waals surface area (Å²) in [5.41, 5.74) is 0.770. The van der Waals surface area contributed by atoms with Crippen molar-refractivity contribution in [3.63, 3.8) is 0 Å². The first kappa shape index (κ1) is 23.3. The average molecular weight is 485 g/mol. The molecule has 1 heterocycles. The largest absolute Gasteiger partial charge is 0.455 e. The van der Waals surface area contributed by atoms with Gasteiger partial charge in [0.05, 0.1) is 29.4 Å². The molecule has 1 N–H and O–H groups in total. The molecule has 1 fully saturated rings. The smallest absolute Gasteiger partial charge is 0.256 e. The van der Waals surface area contributed by atoms with E-state index in [0.717, 1.165) is 4.90 Å². The molecule has 1 aliphatic rings. The van der Waals surface area contributed by atoms with Crippen LogP contribution < -0.4 is 10.1 Å². The van der Waals surface area contributed by atoms with Crippen LogP contribution in [0.1, 0.15) is 10.4 Å². The van der Waals surface area contributed by atoms with Gasteiger partial charge < -0.3 is 14.8 Å². The van der Waals surface area contributed by atoms with Crippen LogP contribution in [0.15, 0.2) is 82.6 Å². The van der Waals surface area contributed by atoms with Crippen LogP contribution in [0.25, 0.3) is 0 Å². The third-order valence-corrected chi connectivity index (χ3v) is 7.82. The van der Waals surface area contributed by atoms with E-state index in [4.69, 9.17) is 9.47 Å². The number of para-hydroxylation sites is 1. The molecular weight excluding hydrogens is 460 g/mol. The molecule has 172 valence electrons. The van der Waals surface area contributed by atoms with Crippen LogP contribution in [0.3, 0.4) is 0 Å². The van der Waals surface area contributed by atoms with E-state index < -0.39 is 10.0 Å². The molecule has 1 amide bonds. The van der Waals surface area contributed by atoms with E-state index in [9.17, 15) is 13.2 Å². The summed E-state index contributed by atoms with van der Waals surface area (Å²) >= 11 is 1.46. The van der Waals surface area contributed by atoms with Gasteiger partial charge in [-0.25, -0.2) is 8.42 Å². The van der Waals surface area contributed by atoms with Crippen molar-refractivity contribution in [3.8, 4) is 11.5 Å². The zero-order valence-electron chi connectivity index (χ0n) is 18.1. The lowest BCUT2D eigenvalue weighted by molar-refractivity contribution is 0.0730. The second-order valence-electron chi connectivity index (χ2n) is 7.24. The standard InChI is InChI=1S/C24H24N2O5S2/c1-32-23-10-6-5-9-20(23)24(27)25-21-17-19(33(28,29)26-13-15-30-16-14-26)11-12-22(21)31-18-7-3-2-4-8-18/h2-12,17H,13-16H2,1H3,(H,25,27).